The summed E-state index contributed by atoms with van der Waals surface area (Å²) in [6.07, 6.45) is 16.2. The Balaban J connectivity index is 1.81. The average Bonchev–Trinajstić information content (AvgIpc) is 2.93. The van der Waals surface area contributed by atoms with Gasteiger partial charge in [0.05, 0.1) is 6.10 Å². The molecule has 2 atom stereocenters. The monoisotopic (exact) mass is 208 g/mol. The minimum Gasteiger partial charge on any atom is -0.362 e. The van der Waals surface area contributed by atoms with Gasteiger partial charge in [-0.2, -0.15) is 0 Å². The van der Waals surface area contributed by atoms with Crippen LogP contribution in [0.15, 0.2) is 12.7 Å². The Morgan fingerprint density at radius 2 is 1.53 bits per heavy atom. The summed E-state index contributed by atoms with van der Waals surface area (Å²) in [6.45, 7) is 3.94. The first-order valence-electron chi connectivity index (χ1n) is 6.69. The highest BCUT2D eigenvalue weighted by atomic mass is 16.6. The molecule has 2 aliphatic rings. The maximum atomic E-state index is 5.85. The van der Waals surface area contributed by atoms with E-state index in [1.807, 2.05) is 0 Å². The molecule has 1 heteroatoms. The Kier molecular flexibility index (Phi) is 3.85. The smallest absolute Gasteiger partial charge is 0.113 e. The maximum absolute atomic E-state index is 5.85. The van der Waals surface area contributed by atoms with Crippen LogP contribution in [-0.4, -0.2) is 11.7 Å². The number of fused-ring (bicyclic) bond motifs is 1. The van der Waals surface area contributed by atoms with Crippen molar-refractivity contribution < 1.29 is 4.74 Å². The van der Waals surface area contributed by atoms with Crippen molar-refractivity contribution >= 4 is 0 Å². The highest BCUT2D eigenvalue weighted by Crippen LogP contribution is 2.45. The minimum absolute atomic E-state index is 0.0964. The third-order valence-electron chi connectivity index (χ3n) is 3.98. The molecule has 1 aliphatic carbocycles. The van der Waals surface area contributed by atoms with Crippen molar-refractivity contribution in [3.8, 4) is 0 Å². The van der Waals surface area contributed by atoms with E-state index in [0.717, 1.165) is 0 Å². The van der Waals surface area contributed by atoms with E-state index in [9.17, 15) is 0 Å². The second-order valence-electron chi connectivity index (χ2n) is 5.13. The quantitative estimate of drug-likeness (QED) is 0.464. The number of ether oxygens (including phenoxy) is 1. The van der Waals surface area contributed by atoms with Crippen LogP contribution in [0.1, 0.15) is 64.2 Å². The van der Waals surface area contributed by atoms with E-state index in [2.05, 4.69) is 12.7 Å². The van der Waals surface area contributed by atoms with Gasteiger partial charge in [-0.05, 0) is 12.8 Å². The van der Waals surface area contributed by atoms with Crippen molar-refractivity contribution in [3.63, 3.8) is 0 Å². The van der Waals surface area contributed by atoms with Crippen LogP contribution >= 0.6 is 0 Å². The van der Waals surface area contributed by atoms with Gasteiger partial charge in [-0.25, -0.2) is 0 Å². The van der Waals surface area contributed by atoms with Gasteiger partial charge in [-0.3, -0.25) is 0 Å². The molecule has 0 radical (unpaired) electrons. The zero-order valence-electron chi connectivity index (χ0n) is 9.84. The van der Waals surface area contributed by atoms with Crippen LogP contribution in [0.4, 0.5) is 0 Å². The first-order chi connectivity index (χ1) is 7.37. The minimum atomic E-state index is 0.0964. The summed E-state index contributed by atoms with van der Waals surface area (Å²) >= 11 is 0. The van der Waals surface area contributed by atoms with Gasteiger partial charge in [0, 0.05) is 0 Å². The van der Waals surface area contributed by atoms with Crippen LogP contribution in [0.25, 0.3) is 0 Å². The highest BCUT2D eigenvalue weighted by Gasteiger charge is 2.52. The van der Waals surface area contributed by atoms with Gasteiger partial charge in [-0.1, -0.05) is 57.4 Å². The molecule has 0 bridgehead atoms. The summed E-state index contributed by atoms with van der Waals surface area (Å²) in [4.78, 5) is 0. The van der Waals surface area contributed by atoms with Gasteiger partial charge < -0.3 is 4.74 Å². The molecule has 0 aromatic carbocycles. The van der Waals surface area contributed by atoms with Crippen molar-refractivity contribution in [2.24, 2.45) is 0 Å². The summed E-state index contributed by atoms with van der Waals surface area (Å²) in [5.41, 5.74) is 0.0964. The lowest BCUT2D eigenvalue weighted by Gasteiger charge is -2.09. The van der Waals surface area contributed by atoms with Crippen LogP contribution < -0.4 is 0 Å². The highest BCUT2D eigenvalue weighted by molar-refractivity contribution is 5.13. The van der Waals surface area contributed by atoms with Gasteiger partial charge >= 0.3 is 0 Å². The molecule has 0 N–H and O–H groups in total. The normalized spacial score (nSPS) is 38.3. The van der Waals surface area contributed by atoms with Crippen LogP contribution in [0.2, 0.25) is 0 Å². The summed E-state index contributed by atoms with van der Waals surface area (Å²) in [7, 11) is 0. The zero-order valence-corrected chi connectivity index (χ0v) is 9.84. The number of hydrogen-bond acceptors (Lipinski definition) is 1. The maximum Gasteiger partial charge on any atom is 0.113 e. The molecule has 2 unspecified atom stereocenters. The van der Waals surface area contributed by atoms with Crippen molar-refractivity contribution in [1.82, 2.24) is 0 Å². The first-order valence-corrected chi connectivity index (χ1v) is 6.69. The average molecular weight is 208 g/mol. The summed E-state index contributed by atoms with van der Waals surface area (Å²) < 4.78 is 5.85. The molecule has 1 nitrogen and oxygen atoms in total. The molecule has 0 aromatic rings. The largest absolute Gasteiger partial charge is 0.362 e. The molecular formula is C14H24O. The summed E-state index contributed by atoms with van der Waals surface area (Å²) in [6, 6.07) is 0. The van der Waals surface area contributed by atoms with Crippen LogP contribution in [0, 0.1) is 0 Å². The Morgan fingerprint density at radius 1 is 0.933 bits per heavy atom. The van der Waals surface area contributed by atoms with Crippen molar-refractivity contribution in [2.75, 3.05) is 0 Å². The fraction of sp³-hybridized carbons (Fsp3) is 0.857. The molecule has 86 valence electrons. The van der Waals surface area contributed by atoms with Crippen molar-refractivity contribution in [1.29, 1.82) is 0 Å². The van der Waals surface area contributed by atoms with E-state index in [1.165, 1.54) is 64.2 Å². The molecule has 1 aliphatic heterocycles. The van der Waals surface area contributed by atoms with Gasteiger partial charge in [0.25, 0.3) is 0 Å². The third-order valence-corrected chi connectivity index (χ3v) is 3.98. The molecule has 2 rings (SSSR count). The second kappa shape index (κ2) is 5.16. The predicted molar refractivity (Wildman–Crippen MR) is 64.0 cm³/mol. The zero-order chi connectivity index (χ0) is 10.6. The van der Waals surface area contributed by atoms with Gasteiger partial charge in [-0.15, -0.1) is 6.58 Å². The first kappa shape index (κ1) is 11.2. The molecule has 15 heavy (non-hydrogen) atoms. The Morgan fingerprint density at radius 3 is 2.20 bits per heavy atom. The fourth-order valence-electron chi connectivity index (χ4n) is 2.83. The SMILES string of the molecule is C=CC12CCCCCCCCCCC1O2. The van der Waals surface area contributed by atoms with E-state index in [0.29, 0.717) is 6.10 Å². The molecule has 0 amide bonds. The van der Waals surface area contributed by atoms with Gasteiger partial charge in [0.1, 0.15) is 5.60 Å². The standard InChI is InChI=1S/C14H24O/c1-2-14-12-10-8-6-4-3-5-7-9-11-13(14)15-14/h2,13H,1,3-12H2. The third kappa shape index (κ3) is 2.84. The summed E-state index contributed by atoms with van der Waals surface area (Å²) in [5, 5.41) is 0. The van der Waals surface area contributed by atoms with Crippen molar-refractivity contribution in [2.45, 2.75) is 75.9 Å². The Labute approximate surface area is 93.9 Å². The second-order valence-corrected chi connectivity index (χ2v) is 5.13. The summed E-state index contributed by atoms with van der Waals surface area (Å²) in [5.74, 6) is 0. The Hall–Kier alpha value is -0.300. The number of rotatable bonds is 1. The van der Waals surface area contributed by atoms with E-state index in [4.69, 9.17) is 4.74 Å². The fourth-order valence-corrected chi connectivity index (χ4v) is 2.83. The topological polar surface area (TPSA) is 12.5 Å². The van der Waals surface area contributed by atoms with E-state index in [1.54, 1.807) is 0 Å². The van der Waals surface area contributed by atoms with Crippen LogP contribution in [-0.2, 0) is 4.74 Å². The lowest BCUT2D eigenvalue weighted by Crippen LogP contribution is -2.11. The van der Waals surface area contributed by atoms with E-state index < -0.39 is 0 Å². The van der Waals surface area contributed by atoms with Crippen molar-refractivity contribution in [3.05, 3.63) is 12.7 Å². The number of hydrogen-bond donors (Lipinski definition) is 0. The van der Waals surface area contributed by atoms with Crippen LogP contribution in [0.5, 0.6) is 0 Å². The lowest BCUT2D eigenvalue weighted by atomic mass is 9.93. The number of epoxide rings is 1. The molecule has 1 saturated heterocycles. The van der Waals surface area contributed by atoms with Gasteiger partial charge in [0.15, 0.2) is 0 Å². The van der Waals surface area contributed by atoms with E-state index in [-0.39, 0.29) is 5.60 Å². The molecule has 0 spiro atoms. The Bertz CT molecular complexity index is 211. The van der Waals surface area contributed by atoms with Gasteiger partial charge in [0.2, 0.25) is 0 Å². The van der Waals surface area contributed by atoms with E-state index >= 15 is 0 Å². The predicted octanol–water partition coefficient (Wildman–Crippen LogP) is 4.22. The molecule has 1 saturated carbocycles. The van der Waals surface area contributed by atoms with Crippen LogP contribution in [0.3, 0.4) is 0 Å². The lowest BCUT2D eigenvalue weighted by molar-refractivity contribution is 0.309. The molecule has 1 heterocycles. The molecular weight excluding hydrogens is 184 g/mol. The molecule has 0 aromatic heterocycles. The molecule has 2 fully saturated rings.